The molecule has 148 valence electrons. The molecule has 0 radical (unpaired) electrons. The van der Waals surface area contributed by atoms with Crippen LogP contribution in [0.5, 0.6) is 5.75 Å². The molecule has 0 spiro atoms. The first-order valence-corrected chi connectivity index (χ1v) is 8.93. The number of amides is 2. The molecule has 9 heteroatoms. The maximum atomic E-state index is 12.5. The lowest BCUT2D eigenvalue weighted by Gasteiger charge is -2.12. The van der Waals surface area contributed by atoms with Crippen LogP contribution in [-0.2, 0) is 0 Å². The van der Waals surface area contributed by atoms with Gasteiger partial charge in [0, 0.05) is 23.2 Å². The molecule has 0 fully saturated rings. The van der Waals surface area contributed by atoms with Gasteiger partial charge in [-0.1, -0.05) is 11.6 Å². The van der Waals surface area contributed by atoms with Crippen LogP contribution in [0.4, 0.5) is 11.4 Å². The molecule has 2 aromatic carbocycles. The molecule has 0 saturated heterocycles. The maximum Gasteiger partial charge on any atom is 0.311 e. The molecule has 28 heavy (non-hydrogen) atoms. The van der Waals surface area contributed by atoms with E-state index in [-0.39, 0.29) is 46.3 Å². The van der Waals surface area contributed by atoms with Gasteiger partial charge in [0.05, 0.1) is 22.2 Å². The third-order valence-electron chi connectivity index (χ3n) is 3.61. The van der Waals surface area contributed by atoms with E-state index in [4.69, 9.17) is 16.3 Å². The highest BCUT2D eigenvalue weighted by molar-refractivity contribution is 6.34. The second-order valence-electron chi connectivity index (χ2n) is 6.15. The van der Waals surface area contributed by atoms with Crippen molar-refractivity contribution in [2.75, 3.05) is 11.9 Å². The Morgan fingerprint density at radius 2 is 1.79 bits per heavy atom. The summed E-state index contributed by atoms with van der Waals surface area (Å²) in [5, 5.41) is 16.8. The minimum atomic E-state index is -0.619. The number of hydrogen-bond acceptors (Lipinski definition) is 5. The largest absolute Gasteiger partial charge is 0.487 e. The van der Waals surface area contributed by atoms with Gasteiger partial charge in [-0.3, -0.25) is 19.7 Å². The fraction of sp³-hybridized carbons (Fsp3) is 0.263. The van der Waals surface area contributed by atoms with Gasteiger partial charge >= 0.3 is 5.69 Å². The van der Waals surface area contributed by atoms with Crippen molar-refractivity contribution in [3.63, 3.8) is 0 Å². The van der Waals surface area contributed by atoms with Crippen LogP contribution in [0.1, 0.15) is 41.5 Å². The number of halogens is 1. The zero-order valence-electron chi connectivity index (χ0n) is 15.6. The van der Waals surface area contributed by atoms with E-state index in [0.717, 1.165) is 6.07 Å². The zero-order valence-corrected chi connectivity index (χ0v) is 16.4. The highest BCUT2D eigenvalue weighted by atomic mass is 35.5. The second kappa shape index (κ2) is 9.18. The fourth-order valence-electron chi connectivity index (χ4n) is 2.38. The van der Waals surface area contributed by atoms with Crippen LogP contribution in [-0.4, -0.2) is 29.4 Å². The number of ether oxygens (including phenoxy) is 1. The number of nitro benzene ring substituents is 1. The Labute approximate surface area is 167 Å². The normalized spacial score (nSPS) is 10.5. The van der Waals surface area contributed by atoms with Gasteiger partial charge < -0.3 is 15.4 Å². The number of nitrogens with zero attached hydrogens (tertiary/aromatic N) is 1. The molecule has 2 amide bonds. The average Bonchev–Trinajstić information content (AvgIpc) is 2.63. The average molecular weight is 406 g/mol. The van der Waals surface area contributed by atoms with E-state index in [9.17, 15) is 19.7 Å². The lowest BCUT2D eigenvalue weighted by atomic mass is 10.1. The molecule has 2 rings (SSSR count). The van der Waals surface area contributed by atoms with E-state index in [1.165, 1.54) is 30.3 Å². The van der Waals surface area contributed by atoms with Crippen LogP contribution in [0.2, 0.25) is 5.02 Å². The molecule has 2 aromatic rings. The number of nitrogens with one attached hydrogen (secondary N) is 2. The molecule has 0 unspecified atom stereocenters. The van der Waals surface area contributed by atoms with E-state index in [0.29, 0.717) is 5.56 Å². The lowest BCUT2D eigenvalue weighted by molar-refractivity contribution is -0.385. The second-order valence-corrected chi connectivity index (χ2v) is 6.56. The minimum Gasteiger partial charge on any atom is -0.487 e. The molecule has 0 atom stereocenters. The monoisotopic (exact) mass is 405 g/mol. The Kier molecular flexibility index (Phi) is 6.94. The van der Waals surface area contributed by atoms with Gasteiger partial charge in [-0.05, 0) is 51.1 Å². The van der Waals surface area contributed by atoms with Crippen molar-refractivity contribution >= 4 is 34.8 Å². The first kappa shape index (κ1) is 21.2. The lowest BCUT2D eigenvalue weighted by Crippen LogP contribution is -2.30. The summed E-state index contributed by atoms with van der Waals surface area (Å²) in [5.41, 5.74) is 0.291. The van der Waals surface area contributed by atoms with Gasteiger partial charge in [0.2, 0.25) is 0 Å². The molecule has 0 bridgehead atoms. The SMILES string of the molecule is CCOc1ccc(C(=O)Nc2cc(C(=O)NC(C)C)ccc2Cl)cc1[N+](=O)[O-]. The standard InChI is InChI=1S/C19H20ClN3O5/c1-4-28-17-8-6-13(10-16(17)23(26)27)19(25)22-15-9-12(5-7-14(15)20)18(24)21-11(2)3/h5-11H,4H2,1-3H3,(H,21,24)(H,22,25). The molecule has 0 aliphatic carbocycles. The van der Waals surface area contributed by atoms with E-state index < -0.39 is 10.8 Å². The number of benzene rings is 2. The van der Waals surface area contributed by atoms with Gasteiger partial charge in [-0.15, -0.1) is 0 Å². The highest BCUT2D eigenvalue weighted by Gasteiger charge is 2.19. The summed E-state index contributed by atoms with van der Waals surface area (Å²) in [5.74, 6) is -0.831. The van der Waals surface area contributed by atoms with Crippen LogP contribution in [0.3, 0.4) is 0 Å². The number of carbonyl (C=O) groups is 2. The molecule has 0 aliphatic rings. The van der Waals surface area contributed by atoms with Crippen molar-refractivity contribution in [2.45, 2.75) is 26.8 Å². The number of carbonyl (C=O) groups excluding carboxylic acids is 2. The summed E-state index contributed by atoms with van der Waals surface area (Å²) in [7, 11) is 0. The Morgan fingerprint density at radius 1 is 1.14 bits per heavy atom. The zero-order chi connectivity index (χ0) is 20.8. The topological polar surface area (TPSA) is 111 Å². The summed E-state index contributed by atoms with van der Waals surface area (Å²) in [6.45, 7) is 5.62. The Hall–Kier alpha value is -3.13. The summed E-state index contributed by atoms with van der Waals surface area (Å²) < 4.78 is 5.21. The van der Waals surface area contributed by atoms with E-state index in [1.54, 1.807) is 6.92 Å². The molecule has 0 aliphatic heterocycles. The first-order valence-electron chi connectivity index (χ1n) is 8.56. The molecular formula is C19H20ClN3O5. The van der Waals surface area contributed by atoms with Crippen molar-refractivity contribution in [1.29, 1.82) is 0 Å². The van der Waals surface area contributed by atoms with Crippen molar-refractivity contribution in [2.24, 2.45) is 0 Å². The molecule has 0 heterocycles. The Balaban J connectivity index is 2.28. The quantitative estimate of drug-likeness (QED) is 0.533. The minimum absolute atomic E-state index is 0.0503. The summed E-state index contributed by atoms with van der Waals surface area (Å²) in [6, 6.07) is 8.33. The van der Waals surface area contributed by atoms with Gasteiger partial charge in [0.15, 0.2) is 5.75 Å². The summed E-state index contributed by atoms with van der Waals surface area (Å²) >= 11 is 6.11. The van der Waals surface area contributed by atoms with Crippen molar-refractivity contribution < 1.29 is 19.2 Å². The summed E-state index contributed by atoms with van der Waals surface area (Å²) in [4.78, 5) is 35.3. The van der Waals surface area contributed by atoms with Crippen LogP contribution in [0, 0.1) is 10.1 Å². The third-order valence-corrected chi connectivity index (χ3v) is 3.94. The predicted octanol–water partition coefficient (Wildman–Crippen LogP) is 4.04. The van der Waals surface area contributed by atoms with Crippen molar-refractivity contribution in [3.05, 3.63) is 62.7 Å². The van der Waals surface area contributed by atoms with E-state index in [2.05, 4.69) is 10.6 Å². The van der Waals surface area contributed by atoms with Gasteiger partial charge in [0.1, 0.15) is 0 Å². The van der Waals surface area contributed by atoms with Crippen molar-refractivity contribution in [3.8, 4) is 5.75 Å². The van der Waals surface area contributed by atoms with Gasteiger partial charge in [-0.2, -0.15) is 0 Å². The van der Waals surface area contributed by atoms with Crippen LogP contribution < -0.4 is 15.4 Å². The number of rotatable bonds is 7. The Morgan fingerprint density at radius 3 is 2.39 bits per heavy atom. The van der Waals surface area contributed by atoms with E-state index in [1.807, 2.05) is 13.8 Å². The number of hydrogen-bond donors (Lipinski definition) is 2. The number of nitro groups is 1. The molecule has 0 aromatic heterocycles. The maximum absolute atomic E-state index is 12.5. The molecule has 2 N–H and O–H groups in total. The van der Waals surface area contributed by atoms with Crippen LogP contribution in [0.15, 0.2) is 36.4 Å². The van der Waals surface area contributed by atoms with Crippen molar-refractivity contribution in [1.82, 2.24) is 5.32 Å². The summed E-state index contributed by atoms with van der Waals surface area (Å²) in [6.07, 6.45) is 0. The Bertz CT molecular complexity index is 914. The fourth-order valence-corrected chi connectivity index (χ4v) is 2.55. The van der Waals surface area contributed by atoms with Gasteiger partial charge in [0.25, 0.3) is 11.8 Å². The third kappa shape index (κ3) is 5.20. The highest BCUT2D eigenvalue weighted by Crippen LogP contribution is 2.29. The number of anilines is 1. The molecule has 8 nitrogen and oxygen atoms in total. The molecule has 0 saturated carbocycles. The molecular weight excluding hydrogens is 386 g/mol. The van der Waals surface area contributed by atoms with Gasteiger partial charge in [-0.25, -0.2) is 0 Å². The van der Waals surface area contributed by atoms with Crippen LogP contribution >= 0.6 is 11.6 Å². The predicted molar refractivity (Wildman–Crippen MR) is 106 cm³/mol. The van der Waals surface area contributed by atoms with E-state index >= 15 is 0 Å². The van der Waals surface area contributed by atoms with Crippen LogP contribution in [0.25, 0.3) is 0 Å². The smallest absolute Gasteiger partial charge is 0.311 e. The first-order chi connectivity index (χ1) is 13.2.